The molecular weight excluding hydrogens is 150 g/mol. The first-order chi connectivity index (χ1) is 5.15. The smallest absolute Gasteiger partial charge is 0.170 e. The lowest BCUT2D eigenvalue weighted by molar-refractivity contribution is -0.216. The predicted molar refractivity (Wildman–Crippen MR) is 36.6 cm³/mol. The number of rotatable bonds is 1. The minimum Gasteiger partial charge on any atom is -0.394 e. The molecule has 5 heteroatoms. The fourth-order valence-corrected chi connectivity index (χ4v) is 1.08. The summed E-state index contributed by atoms with van der Waals surface area (Å²) in [6.45, 7) is -0.301. The van der Waals surface area contributed by atoms with E-state index in [1.54, 1.807) is 0 Å². The van der Waals surface area contributed by atoms with Gasteiger partial charge in [-0.05, 0) is 6.42 Å². The van der Waals surface area contributed by atoms with Gasteiger partial charge in [0.05, 0.1) is 18.8 Å². The van der Waals surface area contributed by atoms with Crippen molar-refractivity contribution < 1.29 is 20.1 Å². The second kappa shape index (κ2) is 3.46. The molecular formula is C6H13NO4. The Morgan fingerprint density at radius 2 is 2.09 bits per heavy atom. The van der Waals surface area contributed by atoms with E-state index >= 15 is 0 Å². The Kier molecular flexibility index (Phi) is 2.80. The van der Waals surface area contributed by atoms with Gasteiger partial charge in [-0.3, -0.25) is 0 Å². The lowest BCUT2D eigenvalue weighted by Crippen LogP contribution is -2.52. The topological polar surface area (TPSA) is 95.9 Å². The van der Waals surface area contributed by atoms with E-state index in [1.165, 1.54) is 0 Å². The zero-order chi connectivity index (χ0) is 8.43. The van der Waals surface area contributed by atoms with E-state index in [-0.39, 0.29) is 13.0 Å². The third-order valence-corrected chi connectivity index (χ3v) is 1.80. The number of aliphatic hydroxyl groups excluding tert-OH is 3. The van der Waals surface area contributed by atoms with E-state index in [9.17, 15) is 5.11 Å². The lowest BCUT2D eigenvalue weighted by Gasteiger charge is -2.34. The van der Waals surface area contributed by atoms with E-state index < -0.39 is 24.5 Å². The monoisotopic (exact) mass is 163 g/mol. The summed E-state index contributed by atoms with van der Waals surface area (Å²) in [6.07, 6.45) is -2.30. The highest BCUT2D eigenvalue weighted by atomic mass is 16.6. The van der Waals surface area contributed by atoms with Crippen LogP contribution in [0, 0.1) is 0 Å². The van der Waals surface area contributed by atoms with Crippen molar-refractivity contribution >= 4 is 0 Å². The van der Waals surface area contributed by atoms with Crippen LogP contribution in [0.2, 0.25) is 0 Å². The number of nitrogens with two attached hydrogens (primary N) is 1. The average molecular weight is 163 g/mol. The molecule has 0 aromatic carbocycles. The molecule has 0 spiro atoms. The molecule has 1 heterocycles. The zero-order valence-electron chi connectivity index (χ0n) is 6.05. The van der Waals surface area contributed by atoms with Crippen LogP contribution in [0.25, 0.3) is 0 Å². The average Bonchev–Trinajstić information content (AvgIpc) is 1.97. The first kappa shape index (κ1) is 8.89. The van der Waals surface area contributed by atoms with E-state index in [2.05, 4.69) is 0 Å². The van der Waals surface area contributed by atoms with Crippen molar-refractivity contribution in [3.8, 4) is 0 Å². The van der Waals surface area contributed by atoms with Gasteiger partial charge in [0.25, 0.3) is 0 Å². The second-order valence-corrected chi connectivity index (χ2v) is 2.71. The third kappa shape index (κ3) is 1.88. The van der Waals surface area contributed by atoms with E-state index in [0.717, 1.165) is 0 Å². The largest absolute Gasteiger partial charge is 0.394 e. The van der Waals surface area contributed by atoms with Crippen molar-refractivity contribution in [1.29, 1.82) is 0 Å². The van der Waals surface area contributed by atoms with Gasteiger partial charge in [0.15, 0.2) is 6.29 Å². The van der Waals surface area contributed by atoms with Crippen LogP contribution in [0.1, 0.15) is 6.42 Å². The van der Waals surface area contributed by atoms with Crippen molar-refractivity contribution in [2.24, 2.45) is 5.73 Å². The van der Waals surface area contributed by atoms with Gasteiger partial charge in [0.1, 0.15) is 6.10 Å². The molecule has 1 rings (SSSR count). The van der Waals surface area contributed by atoms with Gasteiger partial charge in [-0.1, -0.05) is 0 Å². The van der Waals surface area contributed by atoms with Gasteiger partial charge in [-0.2, -0.15) is 0 Å². The van der Waals surface area contributed by atoms with E-state index in [4.69, 9.17) is 20.7 Å². The normalized spacial score (nSPS) is 45.8. The molecule has 0 amide bonds. The summed E-state index contributed by atoms with van der Waals surface area (Å²) in [5, 5.41) is 26.8. The van der Waals surface area contributed by atoms with Gasteiger partial charge < -0.3 is 25.8 Å². The van der Waals surface area contributed by atoms with Crippen LogP contribution in [0.15, 0.2) is 0 Å². The molecule has 1 unspecified atom stereocenters. The summed E-state index contributed by atoms with van der Waals surface area (Å²) >= 11 is 0. The number of hydrogen-bond donors (Lipinski definition) is 4. The van der Waals surface area contributed by atoms with Crippen LogP contribution in [0.5, 0.6) is 0 Å². The number of hydrogen-bond acceptors (Lipinski definition) is 5. The summed E-state index contributed by atoms with van der Waals surface area (Å²) in [7, 11) is 0. The molecule has 11 heavy (non-hydrogen) atoms. The molecule has 5 N–H and O–H groups in total. The van der Waals surface area contributed by atoms with E-state index in [0.29, 0.717) is 0 Å². The fraction of sp³-hybridized carbons (Fsp3) is 1.00. The Morgan fingerprint density at radius 3 is 2.64 bits per heavy atom. The maximum Gasteiger partial charge on any atom is 0.170 e. The quantitative estimate of drug-likeness (QED) is 0.351. The van der Waals surface area contributed by atoms with Crippen LogP contribution >= 0.6 is 0 Å². The van der Waals surface area contributed by atoms with Crippen molar-refractivity contribution in [3.05, 3.63) is 0 Å². The molecule has 0 radical (unpaired) electrons. The van der Waals surface area contributed by atoms with Gasteiger partial charge in [0.2, 0.25) is 0 Å². The zero-order valence-corrected chi connectivity index (χ0v) is 6.05. The third-order valence-electron chi connectivity index (χ3n) is 1.80. The van der Waals surface area contributed by atoms with Gasteiger partial charge in [0, 0.05) is 0 Å². The van der Waals surface area contributed by atoms with Gasteiger partial charge >= 0.3 is 0 Å². The number of aliphatic hydroxyl groups is 3. The Hall–Kier alpha value is -0.200. The molecule has 1 aliphatic heterocycles. The molecule has 66 valence electrons. The Balaban J connectivity index is 2.48. The Labute approximate surface area is 64.4 Å². The number of ether oxygens (including phenoxy) is 1. The maximum atomic E-state index is 9.18. The molecule has 0 aromatic rings. The molecule has 1 aliphatic rings. The van der Waals surface area contributed by atoms with Crippen LogP contribution < -0.4 is 5.73 Å². The van der Waals surface area contributed by atoms with Crippen molar-refractivity contribution in [2.75, 3.05) is 6.61 Å². The first-order valence-corrected chi connectivity index (χ1v) is 3.53. The highest BCUT2D eigenvalue weighted by Gasteiger charge is 2.33. The van der Waals surface area contributed by atoms with Crippen LogP contribution in [0.3, 0.4) is 0 Å². The summed E-state index contributed by atoms with van der Waals surface area (Å²) in [4.78, 5) is 0. The minimum absolute atomic E-state index is 0.256. The van der Waals surface area contributed by atoms with Crippen LogP contribution in [-0.4, -0.2) is 46.5 Å². The van der Waals surface area contributed by atoms with Crippen molar-refractivity contribution in [2.45, 2.75) is 31.0 Å². The van der Waals surface area contributed by atoms with Crippen LogP contribution in [0.4, 0.5) is 0 Å². The SMILES string of the molecule is N[C@@H]1C[C@H](O)[C@@H](CO)OC1O. The Bertz CT molecular complexity index is 132. The molecule has 4 atom stereocenters. The summed E-state index contributed by atoms with van der Waals surface area (Å²) < 4.78 is 4.79. The lowest BCUT2D eigenvalue weighted by atomic mass is 10.0. The van der Waals surface area contributed by atoms with Gasteiger partial charge in [-0.25, -0.2) is 0 Å². The summed E-state index contributed by atoms with van der Waals surface area (Å²) in [5.74, 6) is 0. The molecule has 1 fully saturated rings. The Morgan fingerprint density at radius 1 is 1.45 bits per heavy atom. The van der Waals surface area contributed by atoms with Crippen molar-refractivity contribution in [3.63, 3.8) is 0 Å². The molecule has 0 bridgehead atoms. The summed E-state index contributed by atoms with van der Waals surface area (Å²) in [5.41, 5.74) is 5.37. The summed E-state index contributed by atoms with van der Waals surface area (Å²) in [6, 6.07) is -0.562. The predicted octanol–water partition coefficient (Wildman–Crippen LogP) is -2.23. The highest BCUT2D eigenvalue weighted by molar-refractivity contribution is 4.81. The molecule has 0 aromatic heterocycles. The molecule has 0 saturated carbocycles. The maximum absolute atomic E-state index is 9.18. The fourth-order valence-electron chi connectivity index (χ4n) is 1.08. The molecule has 0 aliphatic carbocycles. The first-order valence-electron chi connectivity index (χ1n) is 3.53. The van der Waals surface area contributed by atoms with E-state index in [1.807, 2.05) is 0 Å². The second-order valence-electron chi connectivity index (χ2n) is 2.71. The molecule has 5 nitrogen and oxygen atoms in total. The molecule has 1 saturated heterocycles. The minimum atomic E-state index is -1.07. The highest BCUT2D eigenvalue weighted by Crippen LogP contribution is 2.16. The van der Waals surface area contributed by atoms with Crippen LogP contribution in [-0.2, 0) is 4.74 Å². The van der Waals surface area contributed by atoms with Crippen molar-refractivity contribution in [1.82, 2.24) is 0 Å². The van der Waals surface area contributed by atoms with Gasteiger partial charge in [-0.15, -0.1) is 0 Å². The standard InChI is InChI=1S/C6H13NO4/c7-3-1-4(9)5(2-8)11-6(3)10/h3-6,8-10H,1-2,7H2/t3-,4+,5-,6?/m1/s1.